The largest absolute Gasteiger partial charge is 0.337 e. The predicted octanol–water partition coefficient (Wildman–Crippen LogP) is 5.35. The minimum atomic E-state index is -0.355. The number of nitrogens with zero attached hydrogens (tertiary/aromatic N) is 3. The van der Waals surface area contributed by atoms with Gasteiger partial charge in [0.2, 0.25) is 5.91 Å². The fourth-order valence-corrected chi connectivity index (χ4v) is 7.40. The third kappa shape index (κ3) is 4.23. The lowest BCUT2D eigenvalue weighted by atomic mass is 9.97. The molecule has 0 bridgehead atoms. The van der Waals surface area contributed by atoms with Gasteiger partial charge in [-0.15, -0.1) is 11.3 Å². The Hall–Kier alpha value is -2.19. The van der Waals surface area contributed by atoms with Crippen molar-refractivity contribution in [2.45, 2.75) is 76.0 Å². The van der Waals surface area contributed by atoms with Gasteiger partial charge in [0.1, 0.15) is 10.6 Å². The number of hydrogen-bond acceptors (Lipinski definition) is 5. The molecule has 1 aromatic carbocycles. The highest BCUT2D eigenvalue weighted by Gasteiger charge is 2.29. The zero-order valence-electron chi connectivity index (χ0n) is 19.0. The van der Waals surface area contributed by atoms with Crippen LogP contribution in [0.15, 0.2) is 34.2 Å². The summed E-state index contributed by atoms with van der Waals surface area (Å²) >= 11 is 2.90. The number of piperidine rings is 1. The van der Waals surface area contributed by atoms with Crippen molar-refractivity contribution in [1.29, 1.82) is 0 Å². The number of thiophene rings is 1. The number of halogens is 1. The number of rotatable bonds is 4. The van der Waals surface area contributed by atoms with Crippen LogP contribution in [0.25, 0.3) is 15.9 Å². The Balaban J connectivity index is 1.55. The van der Waals surface area contributed by atoms with E-state index in [9.17, 15) is 14.0 Å². The smallest absolute Gasteiger partial charge is 0.267 e. The van der Waals surface area contributed by atoms with E-state index in [1.807, 2.05) is 4.90 Å². The topological polar surface area (TPSA) is 55.2 Å². The highest BCUT2D eigenvalue weighted by Crippen LogP contribution is 2.35. The molecule has 3 heterocycles. The summed E-state index contributed by atoms with van der Waals surface area (Å²) in [5.41, 5.74) is 1.57. The first-order chi connectivity index (χ1) is 15.9. The van der Waals surface area contributed by atoms with Crippen LogP contribution in [0.3, 0.4) is 0 Å². The van der Waals surface area contributed by atoms with Gasteiger partial charge in [-0.25, -0.2) is 9.37 Å². The van der Waals surface area contributed by atoms with Gasteiger partial charge in [-0.2, -0.15) is 0 Å². The molecule has 2 unspecified atom stereocenters. The first-order valence-electron chi connectivity index (χ1n) is 11.7. The molecule has 2 aliphatic rings. The van der Waals surface area contributed by atoms with Crippen LogP contribution in [-0.2, 0) is 17.6 Å². The lowest BCUT2D eigenvalue weighted by Crippen LogP contribution is -2.48. The molecule has 0 saturated carbocycles. The quantitative estimate of drug-likeness (QED) is 0.369. The molecule has 0 radical (unpaired) electrons. The number of likely N-dealkylation sites (tertiary alicyclic amines) is 1. The average molecular weight is 486 g/mol. The van der Waals surface area contributed by atoms with Gasteiger partial charge >= 0.3 is 0 Å². The van der Waals surface area contributed by atoms with Crippen LogP contribution in [0.2, 0.25) is 0 Å². The van der Waals surface area contributed by atoms with Gasteiger partial charge in [0.15, 0.2) is 5.16 Å². The highest BCUT2D eigenvalue weighted by atomic mass is 32.2. The molecule has 1 aliphatic carbocycles. The van der Waals surface area contributed by atoms with Gasteiger partial charge in [0.25, 0.3) is 5.56 Å². The van der Waals surface area contributed by atoms with Crippen molar-refractivity contribution in [1.82, 2.24) is 14.5 Å². The van der Waals surface area contributed by atoms with E-state index in [1.54, 1.807) is 28.0 Å². The second-order valence-corrected chi connectivity index (χ2v) is 11.1. The molecule has 5 nitrogen and oxygen atoms in total. The van der Waals surface area contributed by atoms with Crippen molar-refractivity contribution in [2.24, 2.45) is 0 Å². The molecule has 33 heavy (non-hydrogen) atoms. The van der Waals surface area contributed by atoms with Crippen molar-refractivity contribution in [3.05, 3.63) is 50.9 Å². The first kappa shape index (κ1) is 22.6. The summed E-state index contributed by atoms with van der Waals surface area (Å²) in [4.78, 5) is 35.7. The maximum absolute atomic E-state index is 13.7. The van der Waals surface area contributed by atoms with Crippen LogP contribution in [0.5, 0.6) is 0 Å². The molecule has 2 atom stereocenters. The Morgan fingerprint density at radius 3 is 2.55 bits per heavy atom. The Morgan fingerprint density at radius 1 is 1.12 bits per heavy atom. The number of amides is 1. The van der Waals surface area contributed by atoms with Crippen LogP contribution in [0, 0.1) is 5.82 Å². The number of fused-ring (bicyclic) bond motifs is 3. The van der Waals surface area contributed by atoms with Crippen LogP contribution in [0.4, 0.5) is 4.39 Å². The number of thioether (sulfide) groups is 1. The van der Waals surface area contributed by atoms with E-state index in [2.05, 4.69) is 13.8 Å². The fraction of sp³-hybridized carbons (Fsp3) is 0.480. The summed E-state index contributed by atoms with van der Waals surface area (Å²) < 4.78 is 15.2. The monoisotopic (exact) mass is 485 g/mol. The van der Waals surface area contributed by atoms with Crippen molar-refractivity contribution in [2.75, 3.05) is 5.75 Å². The van der Waals surface area contributed by atoms with Crippen molar-refractivity contribution in [3.63, 3.8) is 0 Å². The fourth-order valence-electron chi connectivity index (χ4n) is 5.21. The lowest BCUT2D eigenvalue weighted by Gasteiger charge is -2.39. The maximum atomic E-state index is 13.7. The molecule has 0 N–H and O–H groups in total. The number of carbonyl (C=O) groups excluding carboxylic acids is 1. The third-order valence-electron chi connectivity index (χ3n) is 6.85. The van der Waals surface area contributed by atoms with E-state index < -0.39 is 0 Å². The van der Waals surface area contributed by atoms with Gasteiger partial charge in [-0.3, -0.25) is 14.2 Å². The Bertz CT molecular complexity index is 1240. The summed E-state index contributed by atoms with van der Waals surface area (Å²) in [7, 11) is 0. The van der Waals surface area contributed by atoms with Crippen molar-refractivity contribution < 1.29 is 9.18 Å². The molecular weight excluding hydrogens is 457 g/mol. The van der Waals surface area contributed by atoms with Crippen LogP contribution in [0.1, 0.15) is 56.4 Å². The van der Waals surface area contributed by atoms with Crippen molar-refractivity contribution in [3.8, 4) is 5.69 Å². The van der Waals surface area contributed by atoms with Gasteiger partial charge in [-0.1, -0.05) is 11.8 Å². The van der Waals surface area contributed by atoms with Crippen molar-refractivity contribution >= 4 is 39.2 Å². The lowest BCUT2D eigenvalue weighted by molar-refractivity contribution is -0.134. The SMILES string of the molecule is CC1CCCC(C)N1C(=O)CSc1nc2sc3c(c2c(=O)n1-c1ccc(F)cc1)CCCC3. The van der Waals surface area contributed by atoms with E-state index in [1.165, 1.54) is 28.8 Å². The summed E-state index contributed by atoms with van der Waals surface area (Å²) in [6.07, 6.45) is 7.27. The first-order valence-corrected chi connectivity index (χ1v) is 13.5. The summed E-state index contributed by atoms with van der Waals surface area (Å²) in [6.45, 7) is 4.21. The van der Waals surface area contributed by atoms with E-state index in [0.29, 0.717) is 16.2 Å². The Labute approximate surface area is 201 Å². The van der Waals surface area contributed by atoms with Gasteiger partial charge in [-0.05, 0) is 88.6 Å². The summed E-state index contributed by atoms with van der Waals surface area (Å²) in [5, 5.41) is 1.18. The zero-order chi connectivity index (χ0) is 23.1. The molecule has 1 fully saturated rings. The highest BCUT2D eigenvalue weighted by molar-refractivity contribution is 7.99. The number of hydrogen-bond donors (Lipinski definition) is 0. The number of aryl methyl sites for hydroxylation is 2. The molecule has 2 aromatic heterocycles. The van der Waals surface area contributed by atoms with E-state index >= 15 is 0 Å². The maximum Gasteiger partial charge on any atom is 0.267 e. The predicted molar refractivity (Wildman–Crippen MR) is 132 cm³/mol. The standard InChI is InChI=1S/C25H28FN3O2S2/c1-15-6-5-7-16(2)28(15)21(30)14-32-25-27-23-22(19-8-3-4-9-20(19)33-23)24(31)29(25)18-12-10-17(26)11-13-18/h10-13,15-16H,3-9,14H2,1-2H3. The Morgan fingerprint density at radius 2 is 1.82 bits per heavy atom. The molecular formula is C25H28FN3O2S2. The molecule has 8 heteroatoms. The average Bonchev–Trinajstić information content (AvgIpc) is 3.17. The second kappa shape index (κ2) is 9.22. The van der Waals surface area contributed by atoms with E-state index in [0.717, 1.165) is 55.3 Å². The van der Waals surface area contributed by atoms with Gasteiger partial charge in [0.05, 0.1) is 16.8 Å². The van der Waals surface area contributed by atoms with Gasteiger partial charge in [0, 0.05) is 17.0 Å². The van der Waals surface area contributed by atoms with E-state index in [-0.39, 0.29) is 35.1 Å². The summed E-state index contributed by atoms with van der Waals surface area (Å²) in [6, 6.07) is 6.35. The van der Waals surface area contributed by atoms with E-state index in [4.69, 9.17) is 4.98 Å². The van der Waals surface area contributed by atoms with Crippen LogP contribution in [-0.4, -0.2) is 38.2 Å². The summed E-state index contributed by atoms with van der Waals surface area (Å²) in [5.74, 6) is -0.0600. The van der Waals surface area contributed by atoms with Crippen LogP contribution < -0.4 is 5.56 Å². The molecule has 1 saturated heterocycles. The number of benzene rings is 1. The second-order valence-electron chi connectivity index (χ2n) is 9.12. The van der Waals surface area contributed by atoms with Gasteiger partial charge < -0.3 is 4.90 Å². The number of aromatic nitrogens is 2. The minimum Gasteiger partial charge on any atom is -0.337 e. The number of carbonyl (C=O) groups is 1. The molecule has 1 amide bonds. The Kier molecular flexibility index (Phi) is 6.31. The molecule has 0 spiro atoms. The minimum absolute atomic E-state index is 0.0742. The van der Waals surface area contributed by atoms with Crippen LogP contribution >= 0.6 is 23.1 Å². The normalized spacial score (nSPS) is 20.8. The third-order valence-corrected chi connectivity index (χ3v) is 8.96. The molecule has 174 valence electrons. The molecule has 3 aromatic rings. The zero-order valence-corrected chi connectivity index (χ0v) is 20.6. The molecule has 5 rings (SSSR count). The molecule has 1 aliphatic heterocycles.